The van der Waals surface area contributed by atoms with Gasteiger partial charge in [-0.1, -0.05) is 12.5 Å². The van der Waals surface area contributed by atoms with Crippen LogP contribution in [0, 0.1) is 11.6 Å². The van der Waals surface area contributed by atoms with Crippen LogP contribution in [0.15, 0.2) is 65.8 Å². The SMILES string of the molecule is COc1ncc(-c2ccc3nccc(C(=O)NCCCCCC(=O)NO)c3c2)cc1NS(=O)(=O)c1cc(F)cc(F)c1. The quantitative estimate of drug-likeness (QED) is 0.107. The van der Waals surface area contributed by atoms with Crippen molar-refractivity contribution >= 4 is 38.4 Å². The minimum Gasteiger partial charge on any atom is -0.480 e. The maximum Gasteiger partial charge on any atom is 0.262 e. The number of sulfonamides is 1. The van der Waals surface area contributed by atoms with E-state index in [2.05, 4.69) is 20.0 Å². The summed E-state index contributed by atoms with van der Waals surface area (Å²) < 4.78 is 60.6. The van der Waals surface area contributed by atoms with Crippen molar-refractivity contribution in [1.29, 1.82) is 0 Å². The highest BCUT2D eigenvalue weighted by Gasteiger charge is 2.20. The minimum atomic E-state index is -4.41. The van der Waals surface area contributed by atoms with E-state index in [1.54, 1.807) is 29.7 Å². The molecule has 11 nitrogen and oxygen atoms in total. The number of hydrogen-bond donors (Lipinski definition) is 4. The fourth-order valence-electron chi connectivity index (χ4n) is 4.20. The summed E-state index contributed by atoms with van der Waals surface area (Å²) in [4.78, 5) is 31.9. The molecule has 2 aromatic heterocycles. The molecule has 0 fully saturated rings. The summed E-state index contributed by atoms with van der Waals surface area (Å²) in [5, 5.41) is 11.9. The topological polar surface area (TPSA) is 160 Å². The van der Waals surface area contributed by atoms with Crippen LogP contribution >= 0.6 is 0 Å². The average molecular weight is 600 g/mol. The van der Waals surface area contributed by atoms with E-state index in [1.807, 2.05) is 0 Å². The van der Waals surface area contributed by atoms with Crippen LogP contribution in [0.3, 0.4) is 0 Å². The van der Waals surface area contributed by atoms with Crippen LogP contribution in [0.1, 0.15) is 36.0 Å². The predicted octanol–water partition coefficient (Wildman–Crippen LogP) is 4.18. The molecule has 42 heavy (non-hydrogen) atoms. The number of fused-ring (bicyclic) bond motifs is 1. The van der Waals surface area contributed by atoms with E-state index in [1.165, 1.54) is 25.6 Å². The highest BCUT2D eigenvalue weighted by molar-refractivity contribution is 7.92. The summed E-state index contributed by atoms with van der Waals surface area (Å²) in [5.74, 6) is -2.96. The van der Waals surface area contributed by atoms with Crippen LogP contribution in [0.5, 0.6) is 5.88 Å². The first-order valence-electron chi connectivity index (χ1n) is 12.7. The number of nitrogens with one attached hydrogen (secondary N) is 3. The third-order valence-electron chi connectivity index (χ3n) is 6.25. The lowest BCUT2D eigenvalue weighted by Gasteiger charge is -2.14. The normalized spacial score (nSPS) is 11.2. The molecule has 4 aromatic rings. The van der Waals surface area contributed by atoms with Gasteiger partial charge in [-0.3, -0.25) is 24.5 Å². The predicted molar refractivity (Wildman–Crippen MR) is 149 cm³/mol. The molecule has 0 saturated carbocycles. The number of unbranched alkanes of at least 4 members (excludes halogenated alkanes) is 2. The standard InChI is InChI=1S/C28H27F2N5O6S/c1-41-28-25(35-42(39,40)21-14-19(29)13-20(30)15-21)12-18(16-33-28)17-6-7-24-23(11-17)22(8-10-31-24)27(37)32-9-4-2-3-5-26(36)34-38/h6-8,10-16,35,38H,2-5,9H2,1H3,(H,32,37)(H,34,36). The lowest BCUT2D eigenvalue weighted by atomic mass is 10.0. The van der Waals surface area contributed by atoms with Gasteiger partial charge in [0.1, 0.15) is 17.3 Å². The van der Waals surface area contributed by atoms with Gasteiger partial charge in [0.15, 0.2) is 0 Å². The molecular weight excluding hydrogens is 572 g/mol. The molecule has 0 aliphatic carbocycles. The van der Waals surface area contributed by atoms with E-state index in [4.69, 9.17) is 9.94 Å². The third kappa shape index (κ3) is 7.33. The van der Waals surface area contributed by atoms with E-state index >= 15 is 0 Å². The maximum absolute atomic E-state index is 13.7. The number of carbonyl (C=O) groups excluding carboxylic acids is 2. The summed E-state index contributed by atoms with van der Waals surface area (Å²) in [6, 6.07) is 10.1. The molecule has 0 unspecified atom stereocenters. The summed E-state index contributed by atoms with van der Waals surface area (Å²) in [7, 11) is -3.12. The number of halogens is 2. The number of methoxy groups -OCH3 is 1. The van der Waals surface area contributed by atoms with Gasteiger partial charge in [0, 0.05) is 42.4 Å². The zero-order valence-electron chi connectivity index (χ0n) is 22.4. The Morgan fingerprint density at radius 2 is 1.71 bits per heavy atom. The molecule has 14 heteroatoms. The van der Waals surface area contributed by atoms with Crippen molar-refractivity contribution in [2.75, 3.05) is 18.4 Å². The summed E-state index contributed by atoms with van der Waals surface area (Å²) in [5.41, 5.74) is 3.48. The summed E-state index contributed by atoms with van der Waals surface area (Å²) >= 11 is 0. The summed E-state index contributed by atoms with van der Waals surface area (Å²) in [6.45, 7) is 0.379. The molecule has 0 aliphatic rings. The number of anilines is 1. The number of hydrogen-bond acceptors (Lipinski definition) is 8. The Kier molecular flexibility index (Phi) is 9.60. The Bertz CT molecular complexity index is 1720. The number of hydroxylamine groups is 1. The van der Waals surface area contributed by atoms with Gasteiger partial charge in [-0.15, -0.1) is 0 Å². The Balaban J connectivity index is 1.57. The Morgan fingerprint density at radius 1 is 0.952 bits per heavy atom. The molecule has 0 radical (unpaired) electrons. The van der Waals surface area contributed by atoms with Gasteiger partial charge in [0.25, 0.3) is 15.9 Å². The van der Waals surface area contributed by atoms with Crippen LogP contribution in [0.4, 0.5) is 14.5 Å². The minimum absolute atomic E-state index is 0.0691. The summed E-state index contributed by atoms with van der Waals surface area (Å²) in [6.07, 6.45) is 5.04. The fourth-order valence-corrected chi connectivity index (χ4v) is 5.29. The molecular formula is C28H27F2N5O6S. The smallest absolute Gasteiger partial charge is 0.262 e. The van der Waals surface area contributed by atoms with Crippen LogP contribution < -0.4 is 20.3 Å². The van der Waals surface area contributed by atoms with Gasteiger partial charge in [-0.05, 0) is 54.8 Å². The van der Waals surface area contributed by atoms with Gasteiger partial charge in [-0.25, -0.2) is 27.7 Å². The molecule has 0 saturated heterocycles. The van der Waals surface area contributed by atoms with Crippen molar-refractivity contribution in [1.82, 2.24) is 20.8 Å². The number of rotatable bonds is 12. The second-order valence-electron chi connectivity index (χ2n) is 9.18. The Hall–Kier alpha value is -4.69. The second-order valence-corrected chi connectivity index (χ2v) is 10.9. The van der Waals surface area contributed by atoms with E-state index in [0.29, 0.717) is 71.6 Å². The number of carbonyl (C=O) groups is 2. The van der Waals surface area contributed by atoms with Crippen molar-refractivity contribution < 1.29 is 36.7 Å². The molecule has 2 heterocycles. The zero-order valence-corrected chi connectivity index (χ0v) is 23.2. The highest BCUT2D eigenvalue weighted by Crippen LogP contribution is 2.32. The number of pyridine rings is 2. The van der Waals surface area contributed by atoms with Crippen molar-refractivity contribution in [2.24, 2.45) is 0 Å². The van der Waals surface area contributed by atoms with Crippen LogP contribution in [-0.2, 0) is 14.8 Å². The highest BCUT2D eigenvalue weighted by atomic mass is 32.2. The number of amides is 2. The van der Waals surface area contributed by atoms with Crippen molar-refractivity contribution in [3.63, 3.8) is 0 Å². The first kappa shape index (κ1) is 30.3. The van der Waals surface area contributed by atoms with Gasteiger partial charge < -0.3 is 10.1 Å². The molecule has 0 atom stereocenters. The first-order chi connectivity index (χ1) is 20.1. The maximum atomic E-state index is 13.7. The first-order valence-corrected chi connectivity index (χ1v) is 14.2. The lowest BCUT2D eigenvalue weighted by Crippen LogP contribution is -2.25. The molecule has 2 amide bonds. The number of nitrogens with zero attached hydrogens (tertiary/aromatic N) is 2. The van der Waals surface area contributed by atoms with E-state index in [-0.39, 0.29) is 23.9 Å². The van der Waals surface area contributed by atoms with Crippen molar-refractivity contribution in [2.45, 2.75) is 30.6 Å². The third-order valence-corrected chi connectivity index (χ3v) is 7.59. The molecule has 4 rings (SSSR count). The second kappa shape index (κ2) is 13.3. The molecule has 0 spiro atoms. The molecule has 220 valence electrons. The molecule has 2 aromatic carbocycles. The van der Waals surface area contributed by atoms with Crippen LogP contribution in [0.2, 0.25) is 0 Å². The molecule has 0 bridgehead atoms. The number of benzene rings is 2. The van der Waals surface area contributed by atoms with Crippen molar-refractivity contribution in [3.05, 3.63) is 78.1 Å². The van der Waals surface area contributed by atoms with Gasteiger partial charge >= 0.3 is 0 Å². The fraction of sp³-hybridized carbons (Fsp3) is 0.214. The Morgan fingerprint density at radius 3 is 2.43 bits per heavy atom. The Labute approximate surface area is 240 Å². The molecule has 4 N–H and O–H groups in total. The van der Waals surface area contributed by atoms with Crippen LogP contribution in [0.25, 0.3) is 22.0 Å². The zero-order chi connectivity index (χ0) is 30.3. The largest absolute Gasteiger partial charge is 0.480 e. The number of ether oxygens (including phenoxy) is 1. The van der Waals surface area contributed by atoms with Gasteiger partial charge in [0.2, 0.25) is 11.8 Å². The lowest BCUT2D eigenvalue weighted by molar-refractivity contribution is -0.129. The van der Waals surface area contributed by atoms with E-state index < -0.39 is 32.5 Å². The van der Waals surface area contributed by atoms with Crippen LogP contribution in [-0.4, -0.2) is 49.1 Å². The van der Waals surface area contributed by atoms with E-state index in [0.717, 1.165) is 0 Å². The van der Waals surface area contributed by atoms with Gasteiger partial charge in [0.05, 0.1) is 23.1 Å². The van der Waals surface area contributed by atoms with Gasteiger partial charge in [-0.2, -0.15) is 0 Å². The average Bonchev–Trinajstić information content (AvgIpc) is 2.97. The van der Waals surface area contributed by atoms with E-state index in [9.17, 15) is 26.8 Å². The molecule has 0 aliphatic heterocycles. The monoisotopic (exact) mass is 599 g/mol. The van der Waals surface area contributed by atoms with Crippen molar-refractivity contribution in [3.8, 4) is 17.0 Å². The number of aromatic nitrogens is 2.